The monoisotopic (exact) mass is 416 g/mol. The number of anilines is 1. The van der Waals surface area contributed by atoms with Crippen molar-refractivity contribution in [2.45, 2.75) is 6.42 Å². The highest BCUT2D eigenvalue weighted by atomic mass is 35.5. The standard InChI is InChI=1S/C22H17ClN6O/c23-15-6-4-5-14(11-15)9-10-24-22-25-12-17-19-18(13-26-28-19)21(30)29(20(17)27-22)16-7-2-1-3-8-16/h1-8,11-13H,9-10H2,(H,26,28)(H,24,25,27). The van der Waals surface area contributed by atoms with Crippen molar-refractivity contribution in [3.63, 3.8) is 0 Å². The highest BCUT2D eigenvalue weighted by Gasteiger charge is 2.16. The number of fused-ring (bicyclic) bond motifs is 3. The van der Waals surface area contributed by atoms with Crippen molar-refractivity contribution < 1.29 is 0 Å². The normalized spacial score (nSPS) is 11.2. The number of pyridine rings is 1. The molecule has 7 nitrogen and oxygen atoms in total. The zero-order chi connectivity index (χ0) is 20.5. The zero-order valence-electron chi connectivity index (χ0n) is 15.8. The van der Waals surface area contributed by atoms with E-state index in [1.165, 1.54) is 6.20 Å². The molecule has 5 rings (SSSR count). The number of rotatable bonds is 5. The molecule has 2 N–H and O–H groups in total. The Kier molecular flexibility index (Phi) is 4.65. The van der Waals surface area contributed by atoms with Gasteiger partial charge in [0, 0.05) is 17.8 Å². The first-order valence-electron chi connectivity index (χ1n) is 9.49. The maximum absolute atomic E-state index is 13.2. The first kappa shape index (κ1) is 18.3. The molecule has 2 aromatic carbocycles. The van der Waals surface area contributed by atoms with Crippen molar-refractivity contribution in [2.75, 3.05) is 11.9 Å². The molecule has 0 aliphatic rings. The van der Waals surface area contributed by atoms with Gasteiger partial charge in [0.2, 0.25) is 5.95 Å². The fourth-order valence-corrected chi connectivity index (χ4v) is 3.72. The summed E-state index contributed by atoms with van der Waals surface area (Å²) in [6.45, 7) is 0.633. The molecule has 0 saturated heterocycles. The lowest BCUT2D eigenvalue weighted by molar-refractivity contribution is 0.973. The number of hydrogen-bond acceptors (Lipinski definition) is 5. The van der Waals surface area contributed by atoms with E-state index in [0.717, 1.165) is 23.1 Å². The Balaban J connectivity index is 1.56. The summed E-state index contributed by atoms with van der Waals surface area (Å²) >= 11 is 6.05. The van der Waals surface area contributed by atoms with Crippen LogP contribution in [0.4, 0.5) is 5.95 Å². The average molecular weight is 417 g/mol. The Labute approximate surface area is 176 Å². The summed E-state index contributed by atoms with van der Waals surface area (Å²) in [7, 11) is 0. The molecule has 3 aromatic heterocycles. The number of nitrogens with one attached hydrogen (secondary N) is 2. The van der Waals surface area contributed by atoms with E-state index >= 15 is 0 Å². The molecular formula is C22H17ClN6O. The number of aromatic nitrogens is 5. The first-order valence-corrected chi connectivity index (χ1v) is 9.87. The molecule has 0 unspecified atom stereocenters. The first-order chi connectivity index (χ1) is 14.7. The van der Waals surface area contributed by atoms with Gasteiger partial charge in [-0.15, -0.1) is 0 Å². The Morgan fingerprint density at radius 3 is 2.73 bits per heavy atom. The van der Waals surface area contributed by atoms with Crippen molar-refractivity contribution in [2.24, 2.45) is 0 Å². The van der Waals surface area contributed by atoms with Crippen LogP contribution in [-0.2, 0) is 6.42 Å². The summed E-state index contributed by atoms with van der Waals surface area (Å²) in [4.78, 5) is 22.3. The number of H-pyrrole nitrogens is 1. The van der Waals surface area contributed by atoms with Gasteiger partial charge in [0.25, 0.3) is 5.56 Å². The van der Waals surface area contributed by atoms with Gasteiger partial charge >= 0.3 is 0 Å². The van der Waals surface area contributed by atoms with Gasteiger partial charge in [-0.2, -0.15) is 10.1 Å². The van der Waals surface area contributed by atoms with Gasteiger partial charge in [-0.1, -0.05) is 41.9 Å². The molecular weight excluding hydrogens is 400 g/mol. The Morgan fingerprint density at radius 1 is 1.03 bits per heavy atom. The SMILES string of the molecule is O=c1c2cn[nH]c2c2cnc(NCCc3cccc(Cl)c3)nc2n1-c1ccccc1. The summed E-state index contributed by atoms with van der Waals surface area (Å²) in [5.74, 6) is 0.451. The zero-order valence-corrected chi connectivity index (χ0v) is 16.6. The minimum atomic E-state index is -0.180. The van der Waals surface area contributed by atoms with Crippen LogP contribution in [-0.4, -0.2) is 31.3 Å². The van der Waals surface area contributed by atoms with Crippen LogP contribution in [0.5, 0.6) is 0 Å². The molecule has 0 amide bonds. The second-order valence-electron chi connectivity index (χ2n) is 6.87. The van der Waals surface area contributed by atoms with Crippen molar-refractivity contribution in [3.8, 4) is 5.69 Å². The van der Waals surface area contributed by atoms with Gasteiger partial charge in [-0.3, -0.25) is 14.5 Å². The molecule has 0 aliphatic heterocycles. The number of hydrogen-bond donors (Lipinski definition) is 2. The van der Waals surface area contributed by atoms with Gasteiger partial charge in [0.1, 0.15) is 0 Å². The molecule has 0 saturated carbocycles. The van der Waals surface area contributed by atoms with E-state index in [2.05, 4.69) is 25.5 Å². The molecule has 0 bridgehead atoms. The third kappa shape index (κ3) is 3.29. The van der Waals surface area contributed by atoms with E-state index in [4.69, 9.17) is 11.6 Å². The summed E-state index contributed by atoms with van der Waals surface area (Å²) in [6, 6.07) is 17.2. The van der Waals surface area contributed by atoms with E-state index in [1.807, 2.05) is 54.6 Å². The van der Waals surface area contributed by atoms with Gasteiger partial charge < -0.3 is 5.32 Å². The fraction of sp³-hybridized carbons (Fsp3) is 0.0909. The van der Waals surface area contributed by atoms with Crippen molar-refractivity contribution >= 4 is 39.5 Å². The molecule has 0 spiro atoms. The van der Waals surface area contributed by atoms with E-state index < -0.39 is 0 Å². The average Bonchev–Trinajstić information content (AvgIpc) is 3.25. The second-order valence-corrected chi connectivity index (χ2v) is 7.31. The molecule has 148 valence electrons. The second kappa shape index (κ2) is 7.61. The topological polar surface area (TPSA) is 88.5 Å². The molecule has 5 aromatic rings. The quantitative estimate of drug-likeness (QED) is 0.452. The van der Waals surface area contributed by atoms with Gasteiger partial charge in [0.15, 0.2) is 5.65 Å². The molecule has 0 atom stereocenters. The highest BCUT2D eigenvalue weighted by molar-refractivity contribution is 6.30. The van der Waals surface area contributed by atoms with Crippen LogP contribution in [0, 0.1) is 0 Å². The largest absolute Gasteiger partial charge is 0.354 e. The third-order valence-corrected chi connectivity index (χ3v) is 5.16. The minimum absolute atomic E-state index is 0.180. The molecule has 0 fully saturated rings. The van der Waals surface area contributed by atoms with E-state index in [9.17, 15) is 4.79 Å². The smallest absolute Gasteiger partial charge is 0.267 e. The predicted octanol–water partition coefficient (Wildman–Crippen LogP) is 3.97. The van der Waals surface area contributed by atoms with Gasteiger partial charge in [-0.25, -0.2) is 4.98 Å². The maximum Gasteiger partial charge on any atom is 0.267 e. The van der Waals surface area contributed by atoms with Crippen LogP contribution in [0.15, 0.2) is 71.8 Å². The van der Waals surface area contributed by atoms with Crippen LogP contribution in [0.3, 0.4) is 0 Å². The predicted molar refractivity (Wildman–Crippen MR) is 118 cm³/mol. The summed E-state index contributed by atoms with van der Waals surface area (Å²) in [5, 5.41) is 12.1. The number of halogens is 1. The molecule has 8 heteroatoms. The lowest BCUT2D eigenvalue weighted by atomic mass is 10.1. The molecule has 3 heterocycles. The fourth-order valence-electron chi connectivity index (χ4n) is 3.50. The lowest BCUT2D eigenvalue weighted by Crippen LogP contribution is -2.20. The van der Waals surface area contributed by atoms with Crippen LogP contribution >= 0.6 is 11.6 Å². The van der Waals surface area contributed by atoms with Crippen LogP contribution < -0.4 is 10.9 Å². The minimum Gasteiger partial charge on any atom is -0.354 e. The van der Waals surface area contributed by atoms with Crippen molar-refractivity contribution in [1.29, 1.82) is 0 Å². The number of aromatic amines is 1. The lowest BCUT2D eigenvalue weighted by Gasteiger charge is -2.12. The van der Waals surface area contributed by atoms with Gasteiger partial charge in [0.05, 0.1) is 28.2 Å². The van der Waals surface area contributed by atoms with Crippen LogP contribution in [0.25, 0.3) is 27.6 Å². The van der Waals surface area contributed by atoms with E-state index in [0.29, 0.717) is 34.1 Å². The Hall–Kier alpha value is -3.71. The number of benzene rings is 2. The number of para-hydroxylation sites is 1. The maximum atomic E-state index is 13.2. The van der Waals surface area contributed by atoms with Crippen LogP contribution in [0.1, 0.15) is 5.56 Å². The number of nitrogens with zero attached hydrogens (tertiary/aromatic N) is 4. The summed E-state index contributed by atoms with van der Waals surface area (Å²) in [5.41, 5.74) is 2.83. The molecule has 0 radical (unpaired) electrons. The third-order valence-electron chi connectivity index (χ3n) is 4.92. The summed E-state index contributed by atoms with van der Waals surface area (Å²) < 4.78 is 1.59. The van der Waals surface area contributed by atoms with E-state index in [1.54, 1.807) is 10.8 Å². The van der Waals surface area contributed by atoms with E-state index in [-0.39, 0.29) is 5.56 Å². The van der Waals surface area contributed by atoms with Crippen LogP contribution in [0.2, 0.25) is 5.02 Å². The highest BCUT2D eigenvalue weighted by Crippen LogP contribution is 2.22. The van der Waals surface area contributed by atoms with Gasteiger partial charge in [-0.05, 0) is 36.2 Å². The molecule has 30 heavy (non-hydrogen) atoms. The summed E-state index contributed by atoms with van der Waals surface area (Å²) in [6.07, 6.45) is 4.02. The Morgan fingerprint density at radius 2 is 1.90 bits per heavy atom. The molecule has 0 aliphatic carbocycles. The van der Waals surface area contributed by atoms with Crippen molar-refractivity contribution in [1.82, 2.24) is 24.7 Å². The van der Waals surface area contributed by atoms with Crippen molar-refractivity contribution in [3.05, 3.63) is 87.9 Å². The Bertz CT molecular complexity index is 1410.